The Balaban J connectivity index is 0.000000740. The van der Waals surface area contributed by atoms with Crippen LogP contribution in [0.3, 0.4) is 0 Å². The van der Waals surface area contributed by atoms with Gasteiger partial charge in [0, 0.05) is 55.4 Å². The summed E-state index contributed by atoms with van der Waals surface area (Å²) in [6.07, 6.45) is -12.9. The Morgan fingerprint density at radius 3 is 1.19 bits per heavy atom. The minimum Gasteiger partial charge on any atom is -0.518 e. The second-order valence-corrected chi connectivity index (χ2v) is 44.3. The van der Waals surface area contributed by atoms with Gasteiger partial charge in [-0.1, -0.05) is 54.4 Å². The molecule has 0 saturated carbocycles. The van der Waals surface area contributed by atoms with Crippen LogP contribution in [0.2, 0.25) is 65.5 Å². The van der Waals surface area contributed by atoms with Gasteiger partial charge in [0.25, 0.3) is 0 Å². The number of halogens is 3. The van der Waals surface area contributed by atoms with Crippen LogP contribution < -0.4 is 42.9 Å². The van der Waals surface area contributed by atoms with Crippen LogP contribution >= 0.6 is 0 Å². The molecule has 4 aromatic heterocycles. The third-order valence-corrected chi connectivity index (χ3v) is 21.1. The number of carbonyl (C=O) groups is 8. The number of aliphatic hydroxyl groups excluding tert-OH is 7. The molecular weight excluding hydrogens is 1800 g/mol. The fourth-order valence-electron chi connectivity index (χ4n) is 10.7. The van der Waals surface area contributed by atoms with Gasteiger partial charge in [-0.25, -0.2) is 34.3 Å². The lowest BCUT2D eigenvalue weighted by Crippen LogP contribution is -2.41. The van der Waals surface area contributed by atoms with Crippen molar-refractivity contribution in [2.75, 3.05) is 34.6 Å². The summed E-state index contributed by atoms with van der Waals surface area (Å²) >= 11 is 0. The van der Waals surface area contributed by atoms with E-state index in [1.54, 1.807) is 0 Å². The van der Waals surface area contributed by atoms with Crippen molar-refractivity contribution in [2.24, 2.45) is 0 Å². The van der Waals surface area contributed by atoms with Gasteiger partial charge in [-0.3, -0.25) is 52.5 Å². The van der Waals surface area contributed by atoms with Crippen LogP contribution in [0, 0.1) is 0 Å². The van der Waals surface area contributed by atoms with Gasteiger partial charge >= 0.3 is 86.5 Å². The third-order valence-electron chi connectivity index (χ3n) is 15.4. The predicted octanol–water partition coefficient (Wildman–Crippen LogP) is -1.36. The summed E-state index contributed by atoms with van der Waals surface area (Å²) < 4.78 is 135. The zero-order chi connectivity index (χ0) is 96.5. The molecule has 8 unspecified atom stereocenters. The Morgan fingerprint density at radius 1 is 0.488 bits per heavy atom. The lowest BCUT2D eigenvalue weighted by atomic mass is 10.1. The van der Waals surface area contributed by atoms with E-state index in [-0.39, 0.29) is 25.3 Å². The Morgan fingerprint density at radius 2 is 0.858 bits per heavy atom. The van der Waals surface area contributed by atoms with Crippen LogP contribution in [0.15, 0.2) is 39.7 Å². The topological polar surface area (TPSA) is 720 Å². The van der Waals surface area contributed by atoms with Crippen molar-refractivity contribution in [3.63, 3.8) is 0 Å². The minimum absolute atomic E-state index is 0. The van der Waals surface area contributed by atoms with Crippen LogP contribution in [0.5, 0.6) is 6.01 Å². The van der Waals surface area contributed by atoms with Crippen molar-refractivity contribution in [2.45, 2.75) is 297 Å². The number of nitrogens with one attached hydrogen (secondary N) is 3. The molecule has 5 fully saturated rings. The quantitative estimate of drug-likeness (QED) is 0.0177. The molecule has 9 heterocycles. The molecule has 51 nitrogen and oxygen atoms in total. The molecule has 720 valence electrons. The van der Waals surface area contributed by atoms with Crippen LogP contribution in [0.1, 0.15) is 115 Å². The van der Waals surface area contributed by atoms with E-state index in [2.05, 4.69) is 101 Å². The Bertz CT molecular complexity index is 4400. The molecular formula is C68H115F3N16O35SSi4. The van der Waals surface area contributed by atoms with Crippen molar-refractivity contribution in [1.29, 1.82) is 0 Å². The number of hydrogen-bond acceptors (Lipinski definition) is 48. The fourth-order valence-corrected chi connectivity index (χ4v) is 15.5. The number of aromatic amines is 1. The first-order valence-electron chi connectivity index (χ1n) is 37.9. The predicted molar refractivity (Wildman–Crippen MR) is 438 cm³/mol. The molecule has 5 saturated heterocycles. The van der Waals surface area contributed by atoms with Crippen LogP contribution in [-0.4, -0.2) is 315 Å². The smallest absolute Gasteiger partial charge is 0.518 e. The van der Waals surface area contributed by atoms with Gasteiger partial charge in [0.15, 0.2) is 61.1 Å². The van der Waals surface area contributed by atoms with Crippen molar-refractivity contribution in [3.8, 4) is 6.01 Å². The highest BCUT2D eigenvalue weighted by Gasteiger charge is 2.54. The fraction of sp³-hybridized carbons (Fsp3) is 0.706. The lowest BCUT2D eigenvalue weighted by Gasteiger charge is -2.23. The van der Waals surface area contributed by atoms with Crippen molar-refractivity contribution < 1.29 is 166 Å². The van der Waals surface area contributed by atoms with E-state index in [1.165, 1.54) is 87.7 Å². The summed E-state index contributed by atoms with van der Waals surface area (Å²) in [6, 6.07) is 0.426. The molecule has 0 amide bonds. The first-order valence-corrected chi connectivity index (χ1v) is 51.1. The van der Waals surface area contributed by atoms with Crippen molar-refractivity contribution >= 4 is 116 Å². The second-order valence-electron chi connectivity index (χ2n) is 29.1. The van der Waals surface area contributed by atoms with E-state index >= 15 is 0 Å². The summed E-state index contributed by atoms with van der Waals surface area (Å²) in [5, 5.41) is 63.0. The summed E-state index contributed by atoms with van der Waals surface area (Å²) in [4.78, 5) is 166. The number of hydrogen-bond donors (Lipinski definition) is 12. The Kier molecular flexibility index (Phi) is 48.4. The number of rotatable bonds is 23. The minimum atomic E-state index is -5.39. The number of nitrogens with zero attached hydrogens (tertiary/aromatic N) is 11. The normalized spacial score (nSPS) is 25.6. The van der Waals surface area contributed by atoms with Gasteiger partial charge in [0.05, 0.1) is 13.2 Å². The number of ether oxygens (including phenoxy) is 13. The molecule has 59 heteroatoms. The second kappa shape index (κ2) is 53.3. The molecule has 14 N–H and O–H groups in total. The first-order chi connectivity index (χ1) is 58.2. The Hall–Kier alpha value is -9.71. The summed E-state index contributed by atoms with van der Waals surface area (Å²) in [5.74, 6) is -3.69. The molecule has 20 atom stereocenters. The summed E-state index contributed by atoms with van der Waals surface area (Å²) in [5.41, 5.74) is 3.12. The number of aliphatic hydroxyl groups is 7. The van der Waals surface area contributed by atoms with Crippen molar-refractivity contribution in [1.82, 2.24) is 59.0 Å². The van der Waals surface area contributed by atoms with Gasteiger partial charge < -0.3 is 127 Å². The average Bonchev–Trinajstić information content (AvgIpc) is 1.62. The molecule has 4 aromatic rings. The van der Waals surface area contributed by atoms with Gasteiger partial charge in [-0.05, 0) is 58.5 Å². The maximum Gasteiger partial charge on any atom is 0.522 e. The number of nitrogens with two attached hydrogens (primary N) is 2. The number of anilines is 4. The van der Waals surface area contributed by atoms with E-state index in [0.29, 0.717) is 31.2 Å². The van der Waals surface area contributed by atoms with Gasteiger partial charge in [0.1, 0.15) is 80.2 Å². The molecule has 0 bridgehead atoms. The molecule has 0 spiro atoms. The average molecular weight is 1920 g/mol. The van der Waals surface area contributed by atoms with E-state index in [4.69, 9.17) is 98.3 Å². The number of esters is 8. The van der Waals surface area contributed by atoms with E-state index in [1.807, 2.05) is 33.9 Å². The molecule has 2 radical (unpaired) electrons. The van der Waals surface area contributed by atoms with Crippen LogP contribution in [-0.2, 0) is 114 Å². The molecule has 9 rings (SSSR count). The summed E-state index contributed by atoms with van der Waals surface area (Å²) in [6.45, 7) is 33.1. The number of aromatic nitrogens is 12. The zero-order valence-electron chi connectivity index (χ0n) is 72.6. The monoisotopic (exact) mass is 1920 g/mol. The van der Waals surface area contributed by atoms with Gasteiger partial charge in [0.2, 0.25) is 65.2 Å². The number of alkyl halides is 3. The molecule has 5 aliphatic rings. The zero-order valence-corrected chi connectivity index (χ0v) is 77.4. The maximum absolute atomic E-state index is 12.4. The molecule has 0 aliphatic carbocycles. The summed E-state index contributed by atoms with van der Waals surface area (Å²) in [7, 11) is -11.2. The Labute approximate surface area is 731 Å². The number of H-pyrrole nitrogens is 1. The van der Waals surface area contributed by atoms with Gasteiger partial charge in [-0.2, -0.15) is 46.5 Å². The maximum atomic E-state index is 12.4. The SMILES string of the molecule is C.CC[C@H]1OC(OC(C)=O)C(OC(C)=O)[C@H]1OC(C)=O.CC[C@H]1OC(OC(C)=O)C(OC(C)=O)[C@H]1OC(C)=O.CC[C@H]1O[C@@H](n2cnc(N[Si](C)C)nc2=O)C(OC(C)=O)[C@H]1OC(C)=O.C[Si](C)(C)OS(=O)(=O)C(F)(F)F.C[Si](C)Nc1ncnc(O[Si](C)(C)C)n1.Nc1ncn([C@@H]2O[C@H](CO)[C@H](O)C2O)c(=O)n1.Nc1ncnc(=O)[nH]1.OC[C@H]1OC(O)C(O)[C@H]1O. The van der Waals surface area contributed by atoms with E-state index in [0.717, 1.165) is 21.8 Å². The standard InChI is InChI=1S/C15H23N4O6Si.2C12H18O7.C8H12N4O5.C8H17N4OSi2.C5H10O5.C4H9F3O3SSi.C3H4N4O.CH4/c1-6-10-11(23-8(2)20)12(24-9(3)21)13(25-10)19-7-16-14(17-15(19)22)18-26(4)5;2*1-5-9-10(16-6(2)13)11(17-7(3)14)12(19-9)18-8(4)15;9-7-10-2-12(8(16)11-7)6-5(15)4(14)3(1-13)17-6;1-14(2)12-7-9-6-10-8(11-7)13-15(3,4)5;6-1-2-3(7)4(8)5(9)10-2;1-12(2,3)10-11(8,9)4(5,6)7;4-2-5-1-6-3(8)7-2;/h7,10-13H,6H2,1-5H3,(H,17,18,22);2*9-12H,5H2,1-4H3;2-6,13-15H,1H2,(H2,9,11,16);6H,1-5H3,(H,9,10,11,12);2-9H,1H2;1-3H3;1H,(H3,4,5,6,7,8);1H4/t10-,11+,12?,13-;2*9-,10+,11?,12?;3-,4+,5?,6-;;2-,3+,4?,5?;;;/m1111.1.../s1. The number of carbonyl (C=O) groups excluding carboxylic acids is 8. The highest BCUT2D eigenvalue weighted by atomic mass is 32.2. The molecule has 0 aromatic carbocycles. The lowest BCUT2D eigenvalue weighted by molar-refractivity contribution is -0.195. The van der Waals surface area contributed by atoms with E-state index in [9.17, 15) is 84.5 Å². The van der Waals surface area contributed by atoms with Crippen LogP contribution in [0.25, 0.3) is 0 Å². The van der Waals surface area contributed by atoms with E-state index < -0.39 is 251 Å². The van der Waals surface area contributed by atoms with Gasteiger partial charge in [-0.15, -0.1) is 0 Å². The van der Waals surface area contributed by atoms with Crippen molar-refractivity contribution in [3.05, 3.63) is 56.8 Å². The highest BCUT2D eigenvalue weighted by Crippen LogP contribution is 2.36. The largest absolute Gasteiger partial charge is 0.522 e. The van der Waals surface area contributed by atoms with Crippen LogP contribution in [0.4, 0.5) is 37.0 Å². The molecule has 5 aliphatic heterocycles. The first kappa shape index (κ1) is 115. The molecule has 127 heavy (non-hydrogen) atoms. The number of nitrogen functional groups attached to an aromatic ring is 2. The highest BCUT2D eigenvalue weighted by molar-refractivity contribution is 7.88. The third kappa shape index (κ3) is 40.2.